The van der Waals surface area contributed by atoms with Gasteiger partial charge in [-0.15, -0.1) is 0 Å². The normalized spacial score (nSPS) is 13.0. The number of nitrogens with zero attached hydrogens (tertiary/aromatic N) is 4. The van der Waals surface area contributed by atoms with Crippen LogP contribution < -0.4 is 9.47 Å². The van der Waals surface area contributed by atoms with Crippen molar-refractivity contribution >= 4 is 11.0 Å². The van der Waals surface area contributed by atoms with Crippen LogP contribution in [-0.4, -0.2) is 38.7 Å². The average Bonchev–Trinajstić information content (AvgIpc) is 3.38. The Labute approximate surface area is 149 Å². The minimum atomic E-state index is 0.683. The maximum atomic E-state index is 5.86. The number of aryl methyl sites for hydroxylation is 1. The second-order valence-electron chi connectivity index (χ2n) is 6.30. The van der Waals surface area contributed by atoms with Gasteiger partial charge in [-0.05, 0) is 11.6 Å². The fourth-order valence-electron chi connectivity index (χ4n) is 3.42. The van der Waals surface area contributed by atoms with E-state index in [2.05, 4.69) is 21.4 Å². The number of hydrogen-bond acceptors (Lipinski definition) is 5. The first-order valence-corrected chi connectivity index (χ1v) is 8.42. The number of methoxy groups -OCH3 is 1. The van der Waals surface area contributed by atoms with E-state index in [9.17, 15) is 0 Å². The minimum absolute atomic E-state index is 0.683. The van der Waals surface area contributed by atoms with Gasteiger partial charge in [-0.1, -0.05) is 12.1 Å². The summed E-state index contributed by atoms with van der Waals surface area (Å²) >= 11 is 0. The molecular weight excluding hydrogens is 330 g/mol. The molecule has 0 bridgehead atoms. The highest BCUT2D eigenvalue weighted by atomic mass is 16.5. The van der Waals surface area contributed by atoms with Crippen molar-refractivity contribution in [1.29, 1.82) is 0 Å². The van der Waals surface area contributed by atoms with Crippen LogP contribution in [0.15, 0.2) is 36.7 Å². The van der Waals surface area contributed by atoms with Gasteiger partial charge in [0.25, 0.3) is 0 Å². The summed E-state index contributed by atoms with van der Waals surface area (Å²) in [5, 5.41) is 11.7. The van der Waals surface area contributed by atoms with Crippen molar-refractivity contribution in [2.24, 2.45) is 7.05 Å². The van der Waals surface area contributed by atoms with Crippen molar-refractivity contribution in [3.05, 3.63) is 42.2 Å². The number of para-hydroxylation sites is 1. The fourth-order valence-corrected chi connectivity index (χ4v) is 3.42. The minimum Gasteiger partial charge on any atom is -0.494 e. The number of ether oxygens (including phenoxy) is 2. The van der Waals surface area contributed by atoms with Gasteiger partial charge in [-0.2, -0.15) is 10.2 Å². The Morgan fingerprint density at radius 2 is 2.19 bits per heavy atom. The number of H-pyrrole nitrogens is 1. The quantitative estimate of drug-likeness (QED) is 0.616. The maximum absolute atomic E-state index is 5.86. The molecule has 0 spiro atoms. The molecule has 0 aliphatic carbocycles. The molecule has 1 aromatic carbocycles. The van der Waals surface area contributed by atoms with Crippen LogP contribution in [0.4, 0.5) is 0 Å². The zero-order valence-electron chi connectivity index (χ0n) is 14.5. The van der Waals surface area contributed by atoms with Crippen LogP contribution in [0.5, 0.6) is 11.5 Å². The number of aromatic nitrogens is 5. The van der Waals surface area contributed by atoms with Gasteiger partial charge in [-0.3, -0.25) is 9.78 Å². The zero-order valence-corrected chi connectivity index (χ0v) is 14.5. The van der Waals surface area contributed by atoms with Crippen LogP contribution in [0.25, 0.3) is 33.5 Å². The van der Waals surface area contributed by atoms with Gasteiger partial charge < -0.3 is 9.47 Å². The van der Waals surface area contributed by atoms with E-state index in [1.54, 1.807) is 18.0 Å². The Balaban J connectivity index is 1.76. The highest BCUT2D eigenvalue weighted by Crippen LogP contribution is 2.41. The van der Waals surface area contributed by atoms with E-state index in [0.717, 1.165) is 45.7 Å². The van der Waals surface area contributed by atoms with E-state index in [1.807, 2.05) is 31.4 Å². The summed E-state index contributed by atoms with van der Waals surface area (Å²) < 4.78 is 13.2. The maximum Gasteiger partial charge on any atom is 0.147 e. The summed E-state index contributed by atoms with van der Waals surface area (Å²) in [4.78, 5) is 4.90. The Kier molecular flexibility index (Phi) is 3.21. The molecule has 0 saturated heterocycles. The number of fused-ring (bicyclic) bond motifs is 2. The second-order valence-corrected chi connectivity index (χ2v) is 6.30. The van der Waals surface area contributed by atoms with E-state index in [-0.39, 0.29) is 0 Å². The molecule has 4 heterocycles. The van der Waals surface area contributed by atoms with Gasteiger partial charge in [0.05, 0.1) is 25.4 Å². The van der Waals surface area contributed by atoms with Crippen LogP contribution in [-0.2, 0) is 13.5 Å². The van der Waals surface area contributed by atoms with E-state index >= 15 is 0 Å². The lowest BCUT2D eigenvalue weighted by atomic mass is 10.0. The summed E-state index contributed by atoms with van der Waals surface area (Å²) in [6.45, 7) is 0.698. The molecule has 0 atom stereocenters. The van der Waals surface area contributed by atoms with Crippen LogP contribution >= 0.6 is 0 Å². The molecule has 4 aromatic rings. The predicted octanol–water partition coefficient (Wildman–Crippen LogP) is 2.97. The summed E-state index contributed by atoms with van der Waals surface area (Å²) in [6.07, 6.45) is 4.62. The van der Waals surface area contributed by atoms with Crippen molar-refractivity contribution in [3.8, 4) is 34.0 Å². The van der Waals surface area contributed by atoms with Gasteiger partial charge in [0.2, 0.25) is 0 Å². The van der Waals surface area contributed by atoms with E-state index < -0.39 is 0 Å². The van der Waals surface area contributed by atoms with Gasteiger partial charge >= 0.3 is 0 Å². The Hall–Kier alpha value is -3.35. The van der Waals surface area contributed by atoms with Gasteiger partial charge in [0.15, 0.2) is 0 Å². The molecule has 5 rings (SSSR count). The summed E-state index contributed by atoms with van der Waals surface area (Å²) in [5.41, 5.74) is 6.18. The molecule has 1 aliphatic heterocycles. The van der Waals surface area contributed by atoms with Crippen molar-refractivity contribution in [1.82, 2.24) is 25.0 Å². The number of nitrogens with one attached hydrogen (secondary N) is 1. The van der Waals surface area contributed by atoms with Crippen molar-refractivity contribution in [3.63, 3.8) is 0 Å². The summed E-state index contributed by atoms with van der Waals surface area (Å²) in [7, 11) is 3.53. The topological polar surface area (TPSA) is 77.9 Å². The molecule has 3 aromatic heterocycles. The molecule has 1 N–H and O–H groups in total. The first-order valence-electron chi connectivity index (χ1n) is 8.42. The molecule has 0 fully saturated rings. The van der Waals surface area contributed by atoms with E-state index in [4.69, 9.17) is 14.5 Å². The monoisotopic (exact) mass is 347 g/mol. The SMILES string of the molecule is COc1cc2[nH]nc(-c3cnn(C)c3)c2nc1-c1cccc2c1OCC2. The first kappa shape index (κ1) is 14.9. The van der Waals surface area contributed by atoms with Crippen LogP contribution in [0.3, 0.4) is 0 Å². The smallest absolute Gasteiger partial charge is 0.147 e. The number of pyridine rings is 1. The van der Waals surface area contributed by atoms with Gasteiger partial charge in [0.1, 0.15) is 28.4 Å². The zero-order chi connectivity index (χ0) is 17.7. The molecule has 130 valence electrons. The molecule has 7 heteroatoms. The van der Waals surface area contributed by atoms with Gasteiger partial charge in [-0.25, -0.2) is 4.98 Å². The second kappa shape index (κ2) is 5.59. The third kappa shape index (κ3) is 2.17. The van der Waals surface area contributed by atoms with Gasteiger partial charge in [0, 0.05) is 36.9 Å². The lowest BCUT2D eigenvalue weighted by molar-refractivity contribution is 0.357. The Morgan fingerprint density at radius 1 is 1.27 bits per heavy atom. The molecule has 1 aliphatic rings. The predicted molar refractivity (Wildman–Crippen MR) is 97.3 cm³/mol. The standard InChI is InChI=1S/C19H17N5O2/c1-24-10-12(9-20-24)16-18-14(22-23-16)8-15(25-2)17(21-18)13-5-3-4-11-6-7-26-19(11)13/h3-5,8-10H,6-7H2,1-2H3,(H,22,23). The highest BCUT2D eigenvalue weighted by molar-refractivity contribution is 5.93. The third-order valence-electron chi connectivity index (χ3n) is 4.67. The Morgan fingerprint density at radius 3 is 3.00 bits per heavy atom. The third-order valence-corrected chi connectivity index (χ3v) is 4.67. The summed E-state index contributed by atoms with van der Waals surface area (Å²) in [6, 6.07) is 8.07. The molecule has 7 nitrogen and oxygen atoms in total. The molecule has 0 unspecified atom stereocenters. The average molecular weight is 347 g/mol. The van der Waals surface area contributed by atoms with Crippen LogP contribution in [0, 0.1) is 0 Å². The highest BCUT2D eigenvalue weighted by Gasteiger charge is 2.22. The molecule has 0 radical (unpaired) electrons. The molecular formula is C19H17N5O2. The van der Waals surface area contributed by atoms with Crippen molar-refractivity contribution < 1.29 is 9.47 Å². The van der Waals surface area contributed by atoms with Crippen molar-refractivity contribution in [2.75, 3.05) is 13.7 Å². The number of aromatic amines is 1. The molecule has 0 amide bonds. The number of rotatable bonds is 3. The fraction of sp³-hybridized carbons (Fsp3) is 0.211. The van der Waals surface area contributed by atoms with Crippen molar-refractivity contribution in [2.45, 2.75) is 6.42 Å². The van der Waals surface area contributed by atoms with Crippen LogP contribution in [0.1, 0.15) is 5.56 Å². The lowest BCUT2D eigenvalue weighted by Crippen LogP contribution is -1.95. The molecule has 0 saturated carbocycles. The van der Waals surface area contributed by atoms with Crippen LogP contribution in [0.2, 0.25) is 0 Å². The number of benzene rings is 1. The van der Waals surface area contributed by atoms with E-state index in [1.165, 1.54) is 5.56 Å². The lowest BCUT2D eigenvalue weighted by Gasteiger charge is -2.11. The number of hydrogen-bond donors (Lipinski definition) is 1. The first-order chi connectivity index (χ1) is 12.7. The molecule has 26 heavy (non-hydrogen) atoms. The Bertz CT molecular complexity index is 1130. The summed E-state index contributed by atoms with van der Waals surface area (Å²) in [5.74, 6) is 1.58. The largest absolute Gasteiger partial charge is 0.494 e. The van der Waals surface area contributed by atoms with E-state index in [0.29, 0.717) is 12.4 Å².